The number of nitrogens with zero attached hydrogens (tertiary/aromatic N) is 4. The quantitative estimate of drug-likeness (QED) is 0.338. The molecule has 0 unspecified atom stereocenters. The lowest BCUT2D eigenvalue weighted by Gasteiger charge is -2.18. The Labute approximate surface area is 212 Å². The number of halogens is 1. The van der Waals surface area contributed by atoms with Gasteiger partial charge in [-0.1, -0.05) is 12.1 Å². The molecule has 0 saturated carbocycles. The van der Waals surface area contributed by atoms with Gasteiger partial charge in [0.05, 0.1) is 31.7 Å². The van der Waals surface area contributed by atoms with Gasteiger partial charge < -0.3 is 19.7 Å². The van der Waals surface area contributed by atoms with Gasteiger partial charge in [-0.2, -0.15) is 0 Å². The third-order valence-corrected chi connectivity index (χ3v) is 6.53. The van der Waals surface area contributed by atoms with E-state index in [0.29, 0.717) is 46.8 Å². The molecule has 2 aromatic carbocycles. The Morgan fingerprint density at radius 2 is 1.78 bits per heavy atom. The van der Waals surface area contributed by atoms with Gasteiger partial charge in [-0.25, -0.2) is 14.4 Å². The number of aryl methyl sites for hydroxylation is 1. The number of carbonyl (C=O) groups excluding carboxylic acids is 1. The van der Waals surface area contributed by atoms with Crippen molar-refractivity contribution >= 4 is 23.1 Å². The van der Waals surface area contributed by atoms with Gasteiger partial charge in [0.2, 0.25) is 0 Å². The van der Waals surface area contributed by atoms with Gasteiger partial charge in [-0.3, -0.25) is 9.78 Å². The molecule has 0 aliphatic heterocycles. The highest BCUT2D eigenvalue weighted by Gasteiger charge is 2.18. The summed E-state index contributed by atoms with van der Waals surface area (Å²) in [6.07, 6.45) is 3.30. The minimum absolute atomic E-state index is 0.238. The molecular formula is C26H26FN5O3S. The van der Waals surface area contributed by atoms with Crippen LogP contribution in [-0.4, -0.2) is 48.2 Å². The van der Waals surface area contributed by atoms with Crippen molar-refractivity contribution in [2.75, 3.05) is 32.2 Å². The lowest BCUT2D eigenvalue weighted by Crippen LogP contribution is -2.24. The predicted molar refractivity (Wildman–Crippen MR) is 137 cm³/mol. The highest BCUT2D eigenvalue weighted by atomic mass is 32.1. The van der Waals surface area contributed by atoms with Crippen molar-refractivity contribution in [2.45, 2.75) is 13.5 Å². The van der Waals surface area contributed by atoms with E-state index in [1.165, 1.54) is 23.5 Å². The maximum atomic E-state index is 13.1. The van der Waals surface area contributed by atoms with Crippen molar-refractivity contribution in [3.05, 3.63) is 82.9 Å². The van der Waals surface area contributed by atoms with Gasteiger partial charge in [0.25, 0.3) is 5.91 Å². The number of ether oxygens (including phenoxy) is 2. The molecule has 2 aromatic heterocycles. The summed E-state index contributed by atoms with van der Waals surface area (Å²) in [4.78, 5) is 28.7. The van der Waals surface area contributed by atoms with Crippen molar-refractivity contribution in [1.29, 1.82) is 0 Å². The second kappa shape index (κ2) is 11.6. The van der Waals surface area contributed by atoms with Crippen molar-refractivity contribution in [1.82, 2.24) is 20.3 Å². The van der Waals surface area contributed by atoms with E-state index >= 15 is 0 Å². The average Bonchev–Trinajstić information content (AvgIpc) is 3.30. The Morgan fingerprint density at radius 1 is 1.06 bits per heavy atom. The zero-order valence-electron chi connectivity index (χ0n) is 20.2. The molecule has 10 heteroatoms. The molecule has 4 rings (SSSR count). The van der Waals surface area contributed by atoms with Crippen LogP contribution in [0.1, 0.15) is 20.9 Å². The monoisotopic (exact) mass is 507 g/mol. The molecule has 186 valence electrons. The summed E-state index contributed by atoms with van der Waals surface area (Å²) >= 11 is 1.26. The number of thiazole rings is 1. The van der Waals surface area contributed by atoms with Crippen molar-refractivity contribution in [3.8, 4) is 22.2 Å². The maximum absolute atomic E-state index is 13.1. The number of amides is 1. The Balaban J connectivity index is 1.37. The first-order chi connectivity index (χ1) is 17.4. The highest BCUT2D eigenvalue weighted by molar-refractivity contribution is 7.17. The summed E-state index contributed by atoms with van der Waals surface area (Å²) in [5, 5.41) is 3.46. The molecule has 8 nitrogen and oxygen atoms in total. The van der Waals surface area contributed by atoms with Gasteiger partial charge in [-0.05, 0) is 48.9 Å². The molecule has 0 saturated heterocycles. The summed E-state index contributed by atoms with van der Waals surface area (Å²) < 4.78 is 24.0. The fraction of sp³-hybridized carbons (Fsp3) is 0.231. The summed E-state index contributed by atoms with van der Waals surface area (Å²) in [5.74, 6) is 1.65. The number of aromatic nitrogens is 3. The largest absolute Gasteiger partial charge is 0.497 e. The normalized spacial score (nSPS) is 10.7. The first kappa shape index (κ1) is 25.1. The molecule has 2 heterocycles. The number of rotatable bonds is 10. The second-order valence-electron chi connectivity index (χ2n) is 7.95. The van der Waals surface area contributed by atoms with Gasteiger partial charge in [0.15, 0.2) is 0 Å². The van der Waals surface area contributed by atoms with E-state index in [2.05, 4.69) is 20.3 Å². The fourth-order valence-electron chi connectivity index (χ4n) is 3.31. The molecule has 36 heavy (non-hydrogen) atoms. The van der Waals surface area contributed by atoms with E-state index in [4.69, 9.17) is 9.47 Å². The SMILES string of the molecule is COc1ccc(OCCN(C)c2cncc(-c3nc(C)c(C(=O)NCc4ccc(F)cc4)s3)n2)cc1. The predicted octanol–water partition coefficient (Wildman–Crippen LogP) is 4.50. The van der Waals surface area contributed by atoms with Crippen LogP contribution in [0.2, 0.25) is 0 Å². The Kier molecular flexibility index (Phi) is 8.06. The lowest BCUT2D eigenvalue weighted by molar-refractivity contribution is 0.0954. The van der Waals surface area contributed by atoms with Gasteiger partial charge in [-0.15, -0.1) is 11.3 Å². The van der Waals surface area contributed by atoms with Crippen LogP contribution in [0, 0.1) is 12.7 Å². The molecular weight excluding hydrogens is 481 g/mol. The molecule has 0 fully saturated rings. The Morgan fingerprint density at radius 3 is 2.50 bits per heavy atom. The number of anilines is 1. The average molecular weight is 508 g/mol. The number of hydrogen-bond donors (Lipinski definition) is 1. The summed E-state index contributed by atoms with van der Waals surface area (Å²) in [7, 11) is 3.53. The van der Waals surface area contributed by atoms with Crippen LogP contribution in [0.15, 0.2) is 60.9 Å². The van der Waals surface area contributed by atoms with Crippen LogP contribution in [0.3, 0.4) is 0 Å². The van der Waals surface area contributed by atoms with Crippen molar-refractivity contribution in [3.63, 3.8) is 0 Å². The van der Waals surface area contributed by atoms with Gasteiger partial charge in [0.1, 0.15) is 45.3 Å². The van der Waals surface area contributed by atoms with Crippen molar-refractivity contribution < 1.29 is 18.7 Å². The number of benzene rings is 2. The van der Waals surface area contributed by atoms with E-state index in [1.807, 2.05) is 36.2 Å². The summed E-state index contributed by atoms with van der Waals surface area (Å²) in [6, 6.07) is 13.4. The Bertz CT molecular complexity index is 1310. The zero-order chi connectivity index (χ0) is 25.5. The minimum Gasteiger partial charge on any atom is -0.497 e. The number of methoxy groups -OCH3 is 1. The topological polar surface area (TPSA) is 89.5 Å². The molecule has 0 aliphatic rings. The molecule has 0 spiro atoms. The molecule has 0 bridgehead atoms. The van der Waals surface area contributed by atoms with Crippen LogP contribution >= 0.6 is 11.3 Å². The third kappa shape index (κ3) is 6.33. The van der Waals surface area contributed by atoms with E-state index < -0.39 is 0 Å². The van der Waals surface area contributed by atoms with Crippen LogP contribution in [-0.2, 0) is 6.54 Å². The molecule has 1 N–H and O–H groups in total. The number of hydrogen-bond acceptors (Lipinski definition) is 8. The van der Waals surface area contributed by atoms with E-state index in [0.717, 1.165) is 17.1 Å². The van der Waals surface area contributed by atoms with Crippen molar-refractivity contribution in [2.24, 2.45) is 0 Å². The molecule has 4 aromatic rings. The minimum atomic E-state index is -0.313. The summed E-state index contributed by atoms with van der Waals surface area (Å²) in [5.41, 5.74) is 2.01. The molecule has 0 aliphatic carbocycles. The lowest BCUT2D eigenvalue weighted by atomic mass is 10.2. The van der Waals surface area contributed by atoms with E-state index in [1.54, 1.807) is 38.6 Å². The van der Waals surface area contributed by atoms with E-state index in [9.17, 15) is 9.18 Å². The van der Waals surface area contributed by atoms with Crippen LogP contribution in [0.4, 0.5) is 10.2 Å². The summed E-state index contributed by atoms with van der Waals surface area (Å²) in [6.45, 7) is 3.14. The number of likely N-dealkylation sites (N-methyl/N-ethyl adjacent to an activating group) is 1. The maximum Gasteiger partial charge on any atom is 0.263 e. The van der Waals surface area contributed by atoms with Crippen LogP contribution in [0.5, 0.6) is 11.5 Å². The van der Waals surface area contributed by atoms with Crippen LogP contribution < -0.4 is 19.7 Å². The molecule has 0 radical (unpaired) electrons. The second-order valence-corrected chi connectivity index (χ2v) is 8.95. The van der Waals surface area contributed by atoms with Gasteiger partial charge >= 0.3 is 0 Å². The smallest absolute Gasteiger partial charge is 0.263 e. The van der Waals surface area contributed by atoms with Gasteiger partial charge in [0, 0.05) is 13.6 Å². The standard InChI is InChI=1S/C26H26FN5O3S/c1-17-24(25(33)29-14-18-4-6-19(27)7-5-18)36-26(30-17)22-15-28-16-23(31-22)32(2)12-13-35-21-10-8-20(34-3)9-11-21/h4-11,15-16H,12-14H2,1-3H3,(H,29,33). The van der Waals surface area contributed by atoms with Crippen LogP contribution in [0.25, 0.3) is 10.7 Å². The fourth-order valence-corrected chi connectivity index (χ4v) is 4.25. The Hall–Kier alpha value is -4.05. The first-order valence-electron chi connectivity index (χ1n) is 11.2. The first-order valence-corrected chi connectivity index (χ1v) is 12.0. The molecule has 0 atom stereocenters. The molecule has 1 amide bonds. The van der Waals surface area contributed by atoms with E-state index in [-0.39, 0.29) is 11.7 Å². The number of nitrogens with one attached hydrogen (secondary N) is 1. The zero-order valence-corrected chi connectivity index (χ0v) is 21.0. The number of carbonyl (C=O) groups is 1. The third-order valence-electron chi connectivity index (χ3n) is 5.36. The highest BCUT2D eigenvalue weighted by Crippen LogP contribution is 2.27.